The van der Waals surface area contributed by atoms with E-state index in [2.05, 4.69) is 19.9 Å². The largest absolute Gasteiger partial charge is 0.387 e. The number of nitrogens with zero attached hydrogens (tertiary/aromatic N) is 6. The lowest BCUT2D eigenvalue weighted by atomic mass is 10.1. The molecule has 286 valence electrons. The van der Waals surface area contributed by atoms with Gasteiger partial charge in [-0.25, -0.2) is 9.13 Å². The fourth-order valence-corrected chi connectivity index (χ4v) is 8.51. The van der Waals surface area contributed by atoms with Gasteiger partial charge < -0.3 is 60.2 Å². The zero-order valence-corrected chi connectivity index (χ0v) is 29.5. The molecule has 2 saturated heterocycles. The molecular formula is C26H40N10O14P2+2. The summed E-state index contributed by atoms with van der Waals surface area (Å²) in [4.78, 5) is 58.3. The summed E-state index contributed by atoms with van der Waals surface area (Å²) in [6, 6.07) is 0. The summed E-state index contributed by atoms with van der Waals surface area (Å²) >= 11 is 0. The highest BCUT2D eigenvalue weighted by molar-refractivity contribution is 7.53. The SMILES string of the molecule is Cn1c[n+](C2O[C@H](CCP(=O)(O)OCCOP(=O)(O)CC[C@H]3OC([n+]4cn(C)c5c(=O)[nH]c(N)nc54)[C@H](O)[C@@H]3O)[C@@H](O)[C@H]2O)c2nc(N)[nH]c(=O)c21. The number of aromatic nitrogens is 8. The monoisotopic (exact) mass is 778 g/mol. The highest BCUT2D eigenvalue weighted by atomic mass is 31.2. The Morgan fingerprint density at radius 2 is 1.12 bits per heavy atom. The van der Waals surface area contributed by atoms with Crippen molar-refractivity contribution in [3.8, 4) is 0 Å². The molecule has 0 aromatic carbocycles. The van der Waals surface area contributed by atoms with Gasteiger partial charge in [0.25, 0.3) is 23.0 Å². The van der Waals surface area contributed by atoms with E-state index in [1.165, 1.54) is 30.9 Å². The molecule has 0 saturated carbocycles. The van der Waals surface area contributed by atoms with E-state index in [1.54, 1.807) is 14.1 Å². The van der Waals surface area contributed by atoms with Crippen molar-refractivity contribution in [3.05, 3.63) is 33.4 Å². The van der Waals surface area contributed by atoms with Crippen LogP contribution in [0.15, 0.2) is 22.2 Å². The van der Waals surface area contributed by atoms with Crippen LogP contribution in [0.4, 0.5) is 11.9 Å². The summed E-state index contributed by atoms with van der Waals surface area (Å²) < 4.78 is 52.5. The lowest BCUT2D eigenvalue weighted by Gasteiger charge is -2.18. The zero-order chi connectivity index (χ0) is 37.9. The van der Waals surface area contributed by atoms with Gasteiger partial charge in [-0.1, -0.05) is 9.97 Å². The molecule has 4 aromatic heterocycles. The summed E-state index contributed by atoms with van der Waals surface area (Å²) in [6.45, 7) is -1.14. The van der Waals surface area contributed by atoms with E-state index < -0.39 is 101 Å². The van der Waals surface area contributed by atoms with Gasteiger partial charge in [0.15, 0.2) is 12.7 Å². The minimum Gasteiger partial charge on any atom is -0.387 e. The molecule has 0 aliphatic carbocycles. The van der Waals surface area contributed by atoms with E-state index >= 15 is 0 Å². The van der Waals surface area contributed by atoms with Crippen molar-refractivity contribution < 1.29 is 67.0 Å². The standard InChI is InChI=1S/C26H38N10O14P2/c1-33-9-35(19-13(33)21(41)31-25(27)29-19)23-17(39)15(37)11(49-23)3-7-51(43,44)47-5-6-48-52(45,46)8-4-12-16(38)18(40)24(50-12)36-10-34(2)14-20(36)30-26(28)32-22(14)42/h9-12,15-18,23-24,37-40H,3-8H2,1-2H3,(H6-2,27,28,29,30,31,32,41,42,43,44,45,46)/p+2/t11-,12-,15-,16-,17-,18-,23?,24?/m1/s1. The van der Waals surface area contributed by atoms with Crippen molar-refractivity contribution in [1.29, 1.82) is 0 Å². The maximum Gasteiger partial charge on any atom is 0.328 e. The van der Waals surface area contributed by atoms with E-state index in [4.69, 9.17) is 30.0 Å². The Labute approximate surface area is 291 Å². The molecule has 0 bridgehead atoms. The predicted molar refractivity (Wildman–Crippen MR) is 174 cm³/mol. The van der Waals surface area contributed by atoms with Gasteiger partial charge in [0.05, 0.1) is 51.8 Å². The number of aliphatic hydroxyl groups is 4. The number of anilines is 2. The number of aromatic amines is 2. The molecule has 0 radical (unpaired) electrons. The maximum atomic E-state index is 12.7. The van der Waals surface area contributed by atoms with Crippen LogP contribution in [0, 0.1) is 0 Å². The number of H-pyrrole nitrogens is 2. The van der Waals surface area contributed by atoms with Crippen molar-refractivity contribution in [2.24, 2.45) is 14.1 Å². The van der Waals surface area contributed by atoms with Crippen molar-refractivity contribution in [3.63, 3.8) is 0 Å². The Bertz CT molecular complexity index is 2040. The van der Waals surface area contributed by atoms with Crippen LogP contribution in [0.5, 0.6) is 0 Å². The number of aliphatic hydroxyl groups excluding tert-OH is 4. The second kappa shape index (κ2) is 14.3. The molecule has 2 fully saturated rings. The molecule has 6 rings (SSSR count). The quantitative estimate of drug-likeness (QED) is 0.0349. The molecule has 26 heteroatoms. The summed E-state index contributed by atoms with van der Waals surface area (Å²) in [7, 11) is -5.58. The number of fused-ring (bicyclic) bond motifs is 2. The first-order chi connectivity index (χ1) is 24.4. The third-order valence-corrected chi connectivity index (χ3v) is 11.7. The van der Waals surface area contributed by atoms with Crippen LogP contribution in [-0.2, 0) is 41.7 Å². The zero-order valence-electron chi connectivity index (χ0n) is 27.7. The van der Waals surface area contributed by atoms with Crippen molar-refractivity contribution in [2.45, 2.75) is 61.9 Å². The first-order valence-electron chi connectivity index (χ1n) is 15.9. The number of aryl methyl sites for hydroxylation is 2. The molecule has 10 atom stereocenters. The number of hydrogen-bond acceptors (Lipinski definition) is 16. The van der Waals surface area contributed by atoms with E-state index in [-0.39, 0.29) is 47.1 Å². The van der Waals surface area contributed by atoms with Gasteiger partial charge in [-0.05, 0) is 12.8 Å². The summed E-state index contributed by atoms with van der Waals surface area (Å²) in [5, 5.41) is 42.6. The van der Waals surface area contributed by atoms with Crippen molar-refractivity contribution in [2.75, 3.05) is 37.0 Å². The van der Waals surface area contributed by atoms with Crippen LogP contribution in [0.1, 0.15) is 25.3 Å². The number of nitrogens with one attached hydrogen (secondary N) is 2. The van der Waals surface area contributed by atoms with Gasteiger partial charge in [-0.2, -0.15) is 0 Å². The average Bonchev–Trinajstić information content (AvgIpc) is 3.74. The van der Waals surface area contributed by atoms with Gasteiger partial charge in [0.2, 0.25) is 23.5 Å². The Hall–Kier alpha value is -3.64. The Morgan fingerprint density at radius 3 is 1.48 bits per heavy atom. The molecule has 4 unspecified atom stereocenters. The van der Waals surface area contributed by atoms with Crippen LogP contribution in [-0.4, -0.2) is 121 Å². The van der Waals surface area contributed by atoms with Crippen LogP contribution < -0.4 is 31.7 Å². The Kier molecular flexibility index (Phi) is 10.5. The molecule has 12 N–H and O–H groups in total. The van der Waals surface area contributed by atoms with Gasteiger partial charge in [0, 0.05) is 0 Å². The molecule has 4 aromatic rings. The second-order valence-corrected chi connectivity index (χ2v) is 16.5. The first kappa shape index (κ1) is 38.1. The van der Waals surface area contributed by atoms with Crippen LogP contribution >= 0.6 is 15.2 Å². The van der Waals surface area contributed by atoms with Crippen molar-refractivity contribution in [1.82, 2.24) is 29.1 Å². The molecule has 2 aliphatic heterocycles. The van der Waals surface area contributed by atoms with E-state index in [1.807, 2.05) is 0 Å². The molecule has 6 heterocycles. The second-order valence-electron chi connectivity index (χ2n) is 12.6. The minimum atomic E-state index is -4.35. The summed E-state index contributed by atoms with van der Waals surface area (Å²) in [5.41, 5.74) is 10.7. The van der Waals surface area contributed by atoms with Gasteiger partial charge in [0.1, 0.15) is 24.4 Å². The number of imidazole rings is 2. The normalized spacial score (nSPS) is 28.8. The van der Waals surface area contributed by atoms with E-state index in [0.29, 0.717) is 0 Å². The maximum absolute atomic E-state index is 12.7. The minimum absolute atomic E-state index is 0.0778. The molecule has 52 heavy (non-hydrogen) atoms. The van der Waals surface area contributed by atoms with Crippen LogP contribution in [0.25, 0.3) is 22.3 Å². The molecule has 2 aliphatic rings. The number of ether oxygens (including phenoxy) is 2. The number of nitrogen functional groups attached to an aromatic ring is 2. The van der Waals surface area contributed by atoms with E-state index in [9.17, 15) is 48.9 Å². The summed E-state index contributed by atoms with van der Waals surface area (Å²) in [6.07, 6.45) is -9.34. The Balaban J connectivity index is 0.974. The third kappa shape index (κ3) is 7.42. The molecule has 0 amide bonds. The summed E-state index contributed by atoms with van der Waals surface area (Å²) in [5.74, 6) is -0.364. The molecular weight excluding hydrogens is 738 g/mol. The average molecular weight is 779 g/mol. The van der Waals surface area contributed by atoms with Crippen LogP contribution in [0.2, 0.25) is 0 Å². The molecule has 24 nitrogen and oxygen atoms in total. The lowest BCUT2D eigenvalue weighted by Crippen LogP contribution is -2.46. The predicted octanol–water partition coefficient (Wildman–Crippen LogP) is -4.30. The smallest absolute Gasteiger partial charge is 0.328 e. The topological polar surface area (TPSA) is 354 Å². The number of hydrogen-bond donors (Lipinski definition) is 10. The van der Waals surface area contributed by atoms with Crippen LogP contribution in [0.3, 0.4) is 0 Å². The Morgan fingerprint density at radius 1 is 0.750 bits per heavy atom. The third-order valence-electron chi connectivity index (χ3n) is 8.86. The number of rotatable bonds is 13. The van der Waals surface area contributed by atoms with Gasteiger partial charge >= 0.3 is 26.5 Å². The first-order valence-corrected chi connectivity index (χ1v) is 19.4. The highest BCUT2D eigenvalue weighted by Crippen LogP contribution is 2.46. The number of nitrogens with two attached hydrogens (primary N) is 2. The van der Waals surface area contributed by atoms with E-state index in [0.717, 1.165) is 0 Å². The highest BCUT2D eigenvalue weighted by Gasteiger charge is 2.49. The molecule has 0 spiro atoms. The fourth-order valence-electron chi connectivity index (χ4n) is 6.38. The van der Waals surface area contributed by atoms with Gasteiger partial charge in [-0.15, -0.1) is 0 Å². The fraction of sp³-hybridized carbons (Fsp3) is 0.615. The van der Waals surface area contributed by atoms with Gasteiger partial charge in [-0.3, -0.25) is 37.8 Å². The lowest BCUT2D eigenvalue weighted by molar-refractivity contribution is -0.746. The van der Waals surface area contributed by atoms with Crippen molar-refractivity contribution >= 4 is 49.4 Å².